The Hall–Kier alpha value is -3.91. The lowest BCUT2D eigenvalue weighted by molar-refractivity contribution is 0.594. The van der Waals surface area contributed by atoms with E-state index >= 15 is 0 Å². The lowest BCUT2D eigenvalue weighted by Gasteiger charge is -2.05. The Labute approximate surface area is 196 Å². The number of nitrogens with zero attached hydrogens (tertiary/aromatic N) is 4. The van der Waals surface area contributed by atoms with Crippen LogP contribution in [0.1, 0.15) is 11.3 Å². The summed E-state index contributed by atoms with van der Waals surface area (Å²) in [5.74, 6) is -0.138. The van der Waals surface area contributed by atoms with Gasteiger partial charge in [0.1, 0.15) is 0 Å². The molecule has 2 aromatic carbocycles. The van der Waals surface area contributed by atoms with Gasteiger partial charge in [-0.1, -0.05) is 24.3 Å². The quantitative estimate of drug-likeness (QED) is 0.376. The van der Waals surface area contributed by atoms with Gasteiger partial charge in [-0.2, -0.15) is 5.10 Å². The van der Waals surface area contributed by atoms with Gasteiger partial charge in [0.2, 0.25) is 0 Å². The summed E-state index contributed by atoms with van der Waals surface area (Å²) < 4.78 is 27.2. The third-order valence-corrected chi connectivity index (χ3v) is 7.37. The maximum absolute atomic E-state index is 13.5. The Morgan fingerprint density at radius 2 is 1.76 bits per heavy atom. The van der Waals surface area contributed by atoms with Crippen molar-refractivity contribution in [2.45, 2.75) is 12.2 Å². The average molecular weight is 471 g/mol. The molecule has 3 aromatic heterocycles. The summed E-state index contributed by atoms with van der Waals surface area (Å²) >= 11 is 0. The topological polar surface area (TPSA) is 94.8 Å². The number of rotatable bonds is 6. The van der Waals surface area contributed by atoms with Gasteiger partial charge >= 0.3 is 0 Å². The first-order valence-corrected chi connectivity index (χ1v) is 12.7. The van der Waals surface area contributed by atoms with Crippen LogP contribution in [0.2, 0.25) is 0 Å². The van der Waals surface area contributed by atoms with Crippen LogP contribution in [0.5, 0.6) is 0 Å². The average Bonchev–Trinajstić information content (AvgIpc) is 3.22. The molecule has 0 amide bonds. The van der Waals surface area contributed by atoms with E-state index in [0.29, 0.717) is 28.3 Å². The number of aryl methyl sites for hydroxylation is 2. The molecular formula is C26H22N4O3S. The zero-order valence-corrected chi connectivity index (χ0v) is 19.4. The molecule has 0 saturated heterocycles. The van der Waals surface area contributed by atoms with Crippen LogP contribution in [0.3, 0.4) is 0 Å². The maximum atomic E-state index is 13.5. The summed E-state index contributed by atoms with van der Waals surface area (Å²) in [6.45, 7) is 0. The third-order valence-electron chi connectivity index (χ3n) is 5.77. The minimum Gasteiger partial charge on any atom is -0.289 e. The molecule has 0 spiro atoms. The fraction of sp³-hybridized carbons (Fsp3) is 0.154. The smallest absolute Gasteiger partial charge is 0.195 e. The predicted molar refractivity (Wildman–Crippen MR) is 133 cm³/mol. The molecule has 0 aliphatic heterocycles. The molecule has 0 N–H and O–H groups in total. The molecular weight excluding hydrogens is 448 g/mol. The van der Waals surface area contributed by atoms with Crippen molar-refractivity contribution in [2.24, 2.45) is 7.05 Å². The highest BCUT2D eigenvalue weighted by atomic mass is 32.2. The van der Waals surface area contributed by atoms with Crippen LogP contribution in [-0.2, 0) is 29.1 Å². The predicted octanol–water partition coefficient (Wildman–Crippen LogP) is 3.70. The molecule has 0 radical (unpaired) electrons. The highest BCUT2D eigenvalue weighted by Crippen LogP contribution is 2.22. The van der Waals surface area contributed by atoms with Gasteiger partial charge in [-0.15, -0.1) is 0 Å². The number of benzene rings is 1. The molecule has 34 heavy (non-hydrogen) atoms. The van der Waals surface area contributed by atoms with E-state index in [1.54, 1.807) is 47.5 Å². The number of pyridine rings is 2. The van der Waals surface area contributed by atoms with Crippen molar-refractivity contribution in [3.63, 3.8) is 0 Å². The van der Waals surface area contributed by atoms with Crippen LogP contribution in [0.15, 0.2) is 84.2 Å². The van der Waals surface area contributed by atoms with Gasteiger partial charge in [-0.3, -0.25) is 19.4 Å². The molecule has 0 aliphatic carbocycles. The summed E-state index contributed by atoms with van der Waals surface area (Å²) in [6.07, 6.45) is 7.32. The van der Waals surface area contributed by atoms with E-state index in [0.717, 1.165) is 22.2 Å². The molecule has 0 bridgehead atoms. The lowest BCUT2D eigenvalue weighted by atomic mass is 10.1. The van der Waals surface area contributed by atoms with Crippen molar-refractivity contribution in [3.8, 4) is 11.1 Å². The normalized spacial score (nSPS) is 11.8. The molecule has 0 unspecified atom stereocenters. The number of hydrogen-bond donors (Lipinski definition) is 0. The van der Waals surface area contributed by atoms with Crippen LogP contribution in [0.4, 0.5) is 0 Å². The monoisotopic (exact) mass is 470 g/mol. The van der Waals surface area contributed by atoms with Crippen LogP contribution in [-0.4, -0.2) is 33.9 Å². The van der Waals surface area contributed by atoms with Gasteiger partial charge in [-0.25, -0.2) is 8.42 Å². The molecule has 8 heteroatoms. The number of hydrogen-bond acceptors (Lipinski definition) is 6. The van der Waals surface area contributed by atoms with E-state index < -0.39 is 9.84 Å². The Bertz CT molecular complexity index is 1680. The zero-order valence-electron chi connectivity index (χ0n) is 18.5. The third kappa shape index (κ3) is 4.58. The Morgan fingerprint density at radius 3 is 2.53 bits per heavy atom. The zero-order chi connectivity index (χ0) is 23.7. The van der Waals surface area contributed by atoms with Crippen LogP contribution in [0.25, 0.3) is 32.8 Å². The Kier molecular flexibility index (Phi) is 5.67. The van der Waals surface area contributed by atoms with Gasteiger partial charge in [0.15, 0.2) is 15.3 Å². The van der Waals surface area contributed by atoms with E-state index in [1.165, 1.54) is 0 Å². The van der Waals surface area contributed by atoms with Crippen molar-refractivity contribution in [3.05, 3.63) is 101 Å². The van der Waals surface area contributed by atoms with Crippen molar-refractivity contribution < 1.29 is 8.42 Å². The van der Waals surface area contributed by atoms with E-state index in [9.17, 15) is 13.2 Å². The second kappa shape index (κ2) is 8.79. The van der Waals surface area contributed by atoms with Crippen LogP contribution >= 0.6 is 0 Å². The van der Waals surface area contributed by atoms with Gasteiger partial charge in [0.05, 0.1) is 23.2 Å². The summed E-state index contributed by atoms with van der Waals surface area (Å²) in [5.41, 5.74) is 3.39. The second-order valence-corrected chi connectivity index (χ2v) is 10.5. The molecule has 5 rings (SSSR count). The first-order valence-electron chi connectivity index (χ1n) is 10.8. The minimum atomic E-state index is -3.38. The fourth-order valence-electron chi connectivity index (χ4n) is 4.00. The largest absolute Gasteiger partial charge is 0.289 e. The summed E-state index contributed by atoms with van der Waals surface area (Å²) in [4.78, 5) is 22.2. The molecule has 0 fully saturated rings. The fourth-order valence-corrected chi connectivity index (χ4v) is 5.35. The van der Waals surface area contributed by atoms with Gasteiger partial charge in [0.25, 0.3) is 0 Å². The minimum absolute atomic E-state index is 0.00380. The highest BCUT2D eigenvalue weighted by Gasteiger charge is 2.14. The molecule has 3 heterocycles. The van der Waals surface area contributed by atoms with E-state index in [2.05, 4.69) is 15.1 Å². The first-order chi connectivity index (χ1) is 16.4. The van der Waals surface area contributed by atoms with E-state index in [1.807, 2.05) is 43.6 Å². The van der Waals surface area contributed by atoms with Gasteiger partial charge in [-0.05, 0) is 41.3 Å². The molecule has 0 atom stereocenters. The standard InChI is InChI=1S/C26H22N4O3S/c1-30-16-21(15-29-30)20-13-24-25(28-14-20)8-7-19-6-5-18(12-23(19)26(24)31)17-34(32,33)11-9-22-4-2-3-10-27-22/h2-8,10,12-16H,9,11,17H2,1H3. The van der Waals surface area contributed by atoms with Gasteiger partial charge in [0, 0.05) is 59.7 Å². The second-order valence-electron chi connectivity index (χ2n) is 8.31. The number of fused-ring (bicyclic) bond motifs is 2. The van der Waals surface area contributed by atoms with Gasteiger partial charge < -0.3 is 0 Å². The van der Waals surface area contributed by atoms with Crippen molar-refractivity contribution in [1.29, 1.82) is 0 Å². The summed E-state index contributed by atoms with van der Waals surface area (Å²) in [5, 5.41) is 5.87. The van der Waals surface area contributed by atoms with Crippen molar-refractivity contribution in [2.75, 3.05) is 5.75 Å². The van der Waals surface area contributed by atoms with Crippen molar-refractivity contribution >= 4 is 31.5 Å². The van der Waals surface area contributed by atoms with E-state index in [4.69, 9.17) is 0 Å². The molecule has 7 nitrogen and oxygen atoms in total. The Morgan fingerprint density at radius 1 is 0.912 bits per heavy atom. The highest BCUT2D eigenvalue weighted by molar-refractivity contribution is 7.90. The van der Waals surface area contributed by atoms with E-state index in [-0.39, 0.29) is 16.9 Å². The first kappa shape index (κ1) is 21.9. The number of sulfone groups is 1. The summed E-state index contributed by atoms with van der Waals surface area (Å²) in [6, 6.07) is 16.2. The molecule has 0 saturated carbocycles. The molecule has 170 valence electrons. The summed E-state index contributed by atoms with van der Waals surface area (Å²) in [7, 11) is -1.55. The van der Waals surface area contributed by atoms with Crippen LogP contribution in [0, 0.1) is 0 Å². The molecule has 0 aliphatic rings. The molecule has 5 aromatic rings. The maximum Gasteiger partial charge on any atom is 0.195 e. The SMILES string of the molecule is Cn1cc(-c2cnc3ccc4ccc(CS(=O)(=O)CCc5ccccn5)cc4c(=O)c3c2)cn1. The van der Waals surface area contributed by atoms with Crippen LogP contribution < -0.4 is 5.43 Å². The Balaban J connectivity index is 1.51. The lowest BCUT2D eigenvalue weighted by Crippen LogP contribution is -2.12. The number of aromatic nitrogens is 4. The van der Waals surface area contributed by atoms with Crippen molar-refractivity contribution in [1.82, 2.24) is 19.7 Å².